The SMILES string of the molecule is Cc1cc(Cl)nc2c(C(=O)C(=O)[O-])c[nH]c12.[K+]. The number of nitrogens with one attached hydrogen (secondary N) is 1. The Morgan fingerprint density at radius 1 is 1.47 bits per heavy atom. The minimum absolute atomic E-state index is 0. The molecule has 2 aromatic heterocycles. The molecule has 0 atom stereocenters. The number of hydrogen-bond acceptors (Lipinski definition) is 4. The standard InChI is InChI=1S/C10H7ClN2O3.K/c1-4-2-6(11)13-8-5(3-12-7(4)8)9(14)10(15)16;/h2-3,12H,1H3,(H,15,16);/q;+1/p-1. The van der Waals surface area contributed by atoms with Crippen LogP contribution in [0.3, 0.4) is 0 Å². The van der Waals surface area contributed by atoms with Gasteiger partial charge in [-0.25, -0.2) is 4.98 Å². The van der Waals surface area contributed by atoms with Gasteiger partial charge in [-0.1, -0.05) is 11.6 Å². The molecule has 0 saturated carbocycles. The average molecular weight is 277 g/mol. The molecule has 0 aromatic carbocycles. The number of aryl methyl sites for hydroxylation is 1. The Labute approximate surface area is 144 Å². The molecule has 82 valence electrons. The van der Waals surface area contributed by atoms with E-state index >= 15 is 0 Å². The fourth-order valence-electron chi connectivity index (χ4n) is 1.51. The monoisotopic (exact) mass is 276 g/mol. The van der Waals surface area contributed by atoms with Crippen molar-refractivity contribution >= 4 is 34.4 Å². The number of aliphatic carboxylic acids is 1. The number of pyridine rings is 1. The van der Waals surface area contributed by atoms with E-state index in [0.717, 1.165) is 5.56 Å². The van der Waals surface area contributed by atoms with Crippen LogP contribution < -0.4 is 56.5 Å². The Morgan fingerprint density at radius 3 is 2.71 bits per heavy atom. The summed E-state index contributed by atoms with van der Waals surface area (Å²) >= 11 is 5.74. The molecule has 0 fully saturated rings. The van der Waals surface area contributed by atoms with Crippen molar-refractivity contribution in [2.24, 2.45) is 0 Å². The van der Waals surface area contributed by atoms with E-state index in [9.17, 15) is 14.7 Å². The van der Waals surface area contributed by atoms with Gasteiger partial charge in [0.2, 0.25) is 5.78 Å². The second kappa shape index (κ2) is 5.60. The number of ketones is 1. The number of aromatic amines is 1. The number of carbonyl (C=O) groups excluding carboxylic acids is 2. The van der Waals surface area contributed by atoms with E-state index < -0.39 is 11.8 Å². The second-order valence-electron chi connectivity index (χ2n) is 3.30. The van der Waals surface area contributed by atoms with E-state index in [0.29, 0.717) is 5.52 Å². The second-order valence-corrected chi connectivity index (χ2v) is 3.69. The molecule has 0 saturated heterocycles. The molecule has 0 aliphatic rings. The first-order valence-corrected chi connectivity index (χ1v) is 4.78. The Bertz CT molecular complexity index is 609. The molecule has 0 bridgehead atoms. The van der Waals surface area contributed by atoms with Crippen molar-refractivity contribution in [1.29, 1.82) is 0 Å². The van der Waals surface area contributed by atoms with Gasteiger partial charge in [0, 0.05) is 6.20 Å². The van der Waals surface area contributed by atoms with Crippen LogP contribution in [0.2, 0.25) is 5.15 Å². The quantitative estimate of drug-likeness (QED) is 0.283. The number of carbonyl (C=O) groups is 2. The number of hydrogen-bond donors (Lipinski definition) is 1. The molecule has 7 heteroatoms. The van der Waals surface area contributed by atoms with Gasteiger partial charge in [-0.15, -0.1) is 0 Å². The van der Waals surface area contributed by atoms with Gasteiger partial charge >= 0.3 is 51.4 Å². The maximum atomic E-state index is 11.3. The molecule has 0 aliphatic heterocycles. The van der Waals surface area contributed by atoms with Crippen LogP contribution in [0.5, 0.6) is 0 Å². The van der Waals surface area contributed by atoms with Crippen molar-refractivity contribution in [2.75, 3.05) is 0 Å². The molecule has 17 heavy (non-hydrogen) atoms. The van der Waals surface area contributed by atoms with Gasteiger partial charge in [-0.2, -0.15) is 0 Å². The van der Waals surface area contributed by atoms with Gasteiger partial charge < -0.3 is 14.9 Å². The van der Waals surface area contributed by atoms with Crippen molar-refractivity contribution < 1.29 is 66.1 Å². The first kappa shape index (κ1) is 14.8. The van der Waals surface area contributed by atoms with Crippen LogP contribution in [0.25, 0.3) is 11.0 Å². The van der Waals surface area contributed by atoms with Crippen LogP contribution in [0.15, 0.2) is 12.3 Å². The fraction of sp³-hybridized carbons (Fsp3) is 0.100. The molecule has 0 amide bonds. The summed E-state index contributed by atoms with van der Waals surface area (Å²) in [6.07, 6.45) is 1.29. The molecule has 0 unspecified atom stereocenters. The minimum atomic E-state index is -1.76. The number of aromatic nitrogens is 2. The summed E-state index contributed by atoms with van der Waals surface area (Å²) in [5.74, 6) is -2.87. The van der Waals surface area contributed by atoms with Crippen molar-refractivity contribution in [1.82, 2.24) is 9.97 Å². The third kappa shape index (κ3) is 2.78. The Hall–Kier alpha value is -0.244. The summed E-state index contributed by atoms with van der Waals surface area (Å²) in [4.78, 5) is 28.5. The minimum Gasteiger partial charge on any atom is -0.541 e. The van der Waals surface area contributed by atoms with Crippen LogP contribution in [-0.2, 0) is 4.79 Å². The summed E-state index contributed by atoms with van der Waals surface area (Å²) in [7, 11) is 0. The molecule has 0 radical (unpaired) electrons. The molecule has 2 aromatic rings. The van der Waals surface area contributed by atoms with Gasteiger partial charge in [-0.05, 0) is 18.6 Å². The Kier molecular flexibility index (Phi) is 4.88. The predicted octanol–water partition coefficient (Wildman–Crippen LogP) is -2.54. The number of nitrogens with zero attached hydrogens (tertiary/aromatic N) is 1. The van der Waals surface area contributed by atoms with Crippen molar-refractivity contribution in [2.45, 2.75) is 6.92 Å². The Balaban J connectivity index is 0.00000144. The van der Waals surface area contributed by atoms with Crippen LogP contribution in [0.1, 0.15) is 15.9 Å². The number of fused-ring (bicyclic) bond motifs is 1. The number of halogens is 1. The summed E-state index contributed by atoms with van der Waals surface area (Å²) in [5, 5.41) is 10.7. The third-order valence-corrected chi connectivity index (χ3v) is 2.42. The van der Waals surface area contributed by atoms with Crippen LogP contribution >= 0.6 is 11.6 Å². The molecular formula is C10H6ClKN2O3. The summed E-state index contributed by atoms with van der Waals surface area (Å²) in [5.41, 5.74) is 1.58. The smallest absolute Gasteiger partial charge is 0.541 e. The molecular weight excluding hydrogens is 271 g/mol. The Morgan fingerprint density at radius 2 is 2.12 bits per heavy atom. The zero-order valence-electron chi connectivity index (χ0n) is 9.20. The van der Waals surface area contributed by atoms with Crippen LogP contribution in [0, 0.1) is 6.92 Å². The first-order chi connectivity index (χ1) is 7.50. The van der Waals surface area contributed by atoms with Gasteiger partial charge in [0.1, 0.15) is 16.6 Å². The van der Waals surface area contributed by atoms with Gasteiger partial charge in [0.15, 0.2) is 0 Å². The predicted molar refractivity (Wildman–Crippen MR) is 55.2 cm³/mol. The molecule has 2 rings (SSSR count). The molecule has 0 spiro atoms. The maximum absolute atomic E-state index is 11.3. The first-order valence-electron chi connectivity index (χ1n) is 4.40. The van der Waals surface area contributed by atoms with E-state index in [1.165, 1.54) is 6.20 Å². The summed E-state index contributed by atoms with van der Waals surface area (Å²) < 4.78 is 0. The normalized spacial score (nSPS) is 10.0. The zero-order chi connectivity index (χ0) is 11.9. The number of rotatable bonds is 2. The van der Waals surface area contributed by atoms with Gasteiger partial charge in [-0.3, -0.25) is 4.79 Å². The van der Waals surface area contributed by atoms with Gasteiger partial charge in [0.05, 0.1) is 11.1 Å². The molecule has 5 nitrogen and oxygen atoms in total. The zero-order valence-corrected chi connectivity index (χ0v) is 13.1. The summed E-state index contributed by atoms with van der Waals surface area (Å²) in [6.45, 7) is 1.78. The van der Waals surface area contributed by atoms with E-state index in [2.05, 4.69) is 9.97 Å². The number of carboxylic acids is 1. The van der Waals surface area contributed by atoms with E-state index in [1.54, 1.807) is 13.0 Å². The van der Waals surface area contributed by atoms with Gasteiger partial charge in [0.25, 0.3) is 0 Å². The topological polar surface area (TPSA) is 85.9 Å². The fourth-order valence-corrected chi connectivity index (χ4v) is 1.75. The van der Waals surface area contributed by atoms with Crippen molar-refractivity contribution in [3.05, 3.63) is 28.5 Å². The van der Waals surface area contributed by atoms with E-state index in [4.69, 9.17) is 11.6 Å². The number of Topliss-reactive ketones (excluding diaryl/α,β-unsaturated/α-hetero) is 1. The maximum Gasteiger partial charge on any atom is 1.00 e. The molecule has 1 N–H and O–H groups in total. The largest absolute Gasteiger partial charge is 1.00 e. The van der Waals surface area contributed by atoms with Crippen LogP contribution in [0.4, 0.5) is 0 Å². The van der Waals surface area contributed by atoms with E-state index in [-0.39, 0.29) is 67.6 Å². The van der Waals surface area contributed by atoms with Crippen LogP contribution in [-0.4, -0.2) is 21.7 Å². The summed E-state index contributed by atoms with van der Waals surface area (Å²) in [6, 6.07) is 1.62. The average Bonchev–Trinajstić information content (AvgIpc) is 2.60. The molecule has 2 heterocycles. The number of H-pyrrole nitrogens is 1. The van der Waals surface area contributed by atoms with Crippen molar-refractivity contribution in [3.8, 4) is 0 Å². The molecule has 0 aliphatic carbocycles. The van der Waals surface area contributed by atoms with Crippen molar-refractivity contribution in [3.63, 3.8) is 0 Å². The third-order valence-electron chi connectivity index (χ3n) is 2.23. The van der Waals surface area contributed by atoms with E-state index in [1.807, 2.05) is 0 Å². The number of carboxylic acid groups (broad SMARTS) is 1.